The van der Waals surface area contributed by atoms with Crippen molar-refractivity contribution in [1.82, 2.24) is 0 Å². The summed E-state index contributed by atoms with van der Waals surface area (Å²) in [6.45, 7) is 0.536. The van der Waals surface area contributed by atoms with Crippen molar-refractivity contribution >= 4 is 22.2 Å². The number of rotatable bonds is 8. The van der Waals surface area contributed by atoms with Crippen molar-refractivity contribution in [2.24, 2.45) is 0 Å². The molecule has 0 bridgehead atoms. The van der Waals surface area contributed by atoms with Crippen molar-refractivity contribution in [3.05, 3.63) is 0 Å². The molecule has 8 heteroatoms. The maximum Gasteiger partial charge on any atom is 1.00 e. The molecule has 0 aliphatic heterocycles. The molecule has 1 aliphatic carbocycles. The van der Waals surface area contributed by atoms with Crippen LogP contribution in [0.2, 0.25) is 0 Å². The normalized spacial score (nSPS) is 23.9. The summed E-state index contributed by atoms with van der Waals surface area (Å²) in [6, 6.07) is 0. The summed E-state index contributed by atoms with van der Waals surface area (Å²) in [6.07, 6.45) is 7.55. The van der Waals surface area contributed by atoms with Crippen LogP contribution in [-0.2, 0) is 19.0 Å². The van der Waals surface area contributed by atoms with Crippen LogP contribution in [0.25, 0.3) is 0 Å². The van der Waals surface area contributed by atoms with Gasteiger partial charge in [-0.2, -0.15) is 0 Å². The van der Waals surface area contributed by atoms with E-state index in [0.717, 1.165) is 25.7 Å². The third kappa shape index (κ3) is 10.5. The second-order valence-corrected chi connectivity index (χ2v) is 6.55. The summed E-state index contributed by atoms with van der Waals surface area (Å²) in [5, 5.41) is 0. The minimum atomic E-state index is -4.07. The molecule has 5 nitrogen and oxygen atoms in total. The van der Waals surface area contributed by atoms with Crippen LogP contribution in [0.5, 0.6) is 0 Å². The van der Waals surface area contributed by atoms with Crippen molar-refractivity contribution in [2.75, 3.05) is 18.6 Å². The molecule has 19 heavy (non-hydrogen) atoms. The van der Waals surface area contributed by atoms with Crippen LogP contribution in [-0.4, -0.2) is 43.8 Å². The summed E-state index contributed by atoms with van der Waals surface area (Å²) >= 11 is 1.41. The van der Waals surface area contributed by atoms with E-state index in [1.807, 2.05) is 6.26 Å². The Bertz CT molecular complexity index is 315. The zero-order valence-electron chi connectivity index (χ0n) is 11.7. The van der Waals surface area contributed by atoms with Crippen molar-refractivity contribution in [3.8, 4) is 0 Å². The topological polar surface area (TPSA) is 75.7 Å². The molecule has 1 rings (SSSR count). The van der Waals surface area contributed by atoms with Gasteiger partial charge < -0.3 is 13.5 Å². The maximum absolute atomic E-state index is 10.4. The van der Waals surface area contributed by atoms with Gasteiger partial charge in [0.1, 0.15) is 0 Å². The fourth-order valence-electron chi connectivity index (χ4n) is 2.06. The molecular formula is C11H21NaO5S2. The van der Waals surface area contributed by atoms with E-state index < -0.39 is 10.1 Å². The number of hydrogen-bond donors (Lipinski definition) is 0. The average Bonchev–Trinajstić information content (AvgIpc) is 2.30. The van der Waals surface area contributed by atoms with Crippen molar-refractivity contribution in [1.29, 1.82) is 0 Å². The molecule has 1 fully saturated rings. The first-order valence-electron chi connectivity index (χ1n) is 6.26. The molecule has 0 unspecified atom stereocenters. The van der Waals surface area contributed by atoms with E-state index in [9.17, 15) is 13.0 Å². The molecule has 0 aromatic rings. The predicted molar refractivity (Wildman–Crippen MR) is 70.4 cm³/mol. The van der Waals surface area contributed by atoms with Gasteiger partial charge in [-0.05, 0) is 50.6 Å². The monoisotopic (exact) mass is 320 g/mol. The molecule has 0 aromatic carbocycles. The summed E-state index contributed by atoms with van der Waals surface area (Å²) in [5.41, 5.74) is 0. The van der Waals surface area contributed by atoms with Crippen LogP contribution in [0.4, 0.5) is 0 Å². The van der Waals surface area contributed by atoms with Gasteiger partial charge in [0.15, 0.2) is 0 Å². The number of unbranched alkanes of at least 4 members (excludes halogenated alkanes) is 1. The van der Waals surface area contributed by atoms with E-state index >= 15 is 0 Å². The largest absolute Gasteiger partial charge is 1.00 e. The first-order chi connectivity index (χ1) is 8.51. The van der Waals surface area contributed by atoms with Crippen LogP contribution < -0.4 is 29.6 Å². The Morgan fingerprint density at radius 1 is 1.16 bits per heavy atom. The fraction of sp³-hybridized carbons (Fsp3) is 1.00. The Labute approximate surface area is 142 Å². The minimum absolute atomic E-state index is 0. The molecule has 0 aromatic heterocycles. The van der Waals surface area contributed by atoms with Crippen LogP contribution in [0, 0.1) is 0 Å². The van der Waals surface area contributed by atoms with Crippen LogP contribution in [0.1, 0.15) is 38.5 Å². The molecule has 0 amide bonds. The Kier molecular flexibility index (Phi) is 11.5. The minimum Gasteiger partial charge on any atom is -0.748 e. The molecule has 0 N–H and O–H groups in total. The van der Waals surface area contributed by atoms with Crippen molar-refractivity contribution < 1.29 is 51.4 Å². The Morgan fingerprint density at radius 2 is 1.74 bits per heavy atom. The van der Waals surface area contributed by atoms with Gasteiger partial charge >= 0.3 is 29.6 Å². The van der Waals surface area contributed by atoms with E-state index in [-0.39, 0.29) is 41.4 Å². The van der Waals surface area contributed by atoms with E-state index in [4.69, 9.17) is 8.92 Å². The third-order valence-electron chi connectivity index (χ3n) is 3.00. The van der Waals surface area contributed by atoms with Gasteiger partial charge in [-0.15, -0.1) is 0 Å². The van der Waals surface area contributed by atoms with E-state index in [0.29, 0.717) is 25.6 Å². The zero-order chi connectivity index (χ0) is 13.4. The van der Waals surface area contributed by atoms with Gasteiger partial charge in [0.25, 0.3) is 0 Å². The van der Waals surface area contributed by atoms with E-state index in [2.05, 4.69) is 0 Å². The number of ether oxygens (including phenoxy) is 1. The molecule has 108 valence electrons. The fourth-order valence-corrected chi connectivity index (χ4v) is 3.08. The SMILES string of the molecule is CSOC1CCC(OCCCCS(=O)(=O)[O-])CC1.[Na+]. The van der Waals surface area contributed by atoms with Gasteiger partial charge in [0.2, 0.25) is 0 Å². The van der Waals surface area contributed by atoms with Gasteiger partial charge in [0.05, 0.1) is 22.3 Å². The standard InChI is InChI=1S/C11H22O5S2.Na/c1-17-16-11-6-4-10(5-7-11)15-8-2-3-9-18(12,13)14;/h10-11H,2-9H2,1H3,(H,12,13,14);/q;+1/p-1. The third-order valence-corrected chi connectivity index (χ3v) is 4.25. The molecule has 0 atom stereocenters. The number of hydrogen-bond acceptors (Lipinski definition) is 6. The Balaban J connectivity index is 0.00000324. The average molecular weight is 320 g/mol. The van der Waals surface area contributed by atoms with Crippen molar-refractivity contribution in [3.63, 3.8) is 0 Å². The second-order valence-electron chi connectivity index (χ2n) is 4.50. The van der Waals surface area contributed by atoms with Crippen LogP contribution >= 0.6 is 12.0 Å². The Morgan fingerprint density at radius 3 is 2.26 bits per heavy atom. The predicted octanol–water partition coefficient (Wildman–Crippen LogP) is -1.06. The summed E-state index contributed by atoms with van der Waals surface area (Å²) < 4.78 is 42.3. The smallest absolute Gasteiger partial charge is 0.748 e. The van der Waals surface area contributed by atoms with Gasteiger partial charge in [-0.1, -0.05) is 0 Å². The van der Waals surface area contributed by atoms with Crippen LogP contribution in [0.3, 0.4) is 0 Å². The zero-order valence-corrected chi connectivity index (χ0v) is 15.3. The molecule has 0 spiro atoms. The summed E-state index contributed by atoms with van der Waals surface area (Å²) in [5.74, 6) is -0.287. The Hall–Kier alpha value is 1.18. The van der Waals surface area contributed by atoms with Crippen molar-refractivity contribution in [2.45, 2.75) is 50.7 Å². The summed E-state index contributed by atoms with van der Waals surface area (Å²) in [4.78, 5) is 0. The van der Waals surface area contributed by atoms with E-state index in [1.54, 1.807) is 0 Å². The summed E-state index contributed by atoms with van der Waals surface area (Å²) in [7, 11) is -4.07. The first-order valence-corrected chi connectivity index (χ1v) is 8.98. The van der Waals surface area contributed by atoms with Crippen LogP contribution in [0.15, 0.2) is 0 Å². The molecular weight excluding hydrogens is 299 g/mol. The molecule has 1 saturated carbocycles. The van der Waals surface area contributed by atoms with Gasteiger partial charge in [-0.25, -0.2) is 8.42 Å². The second kappa shape index (κ2) is 10.8. The molecule has 0 heterocycles. The van der Waals surface area contributed by atoms with E-state index in [1.165, 1.54) is 12.0 Å². The first kappa shape index (κ1) is 20.2. The molecule has 1 aliphatic rings. The maximum atomic E-state index is 10.4. The molecule has 0 saturated heterocycles. The van der Waals surface area contributed by atoms with Gasteiger partial charge in [-0.3, -0.25) is 0 Å². The van der Waals surface area contributed by atoms with Gasteiger partial charge in [0, 0.05) is 18.6 Å². The molecule has 0 radical (unpaired) electrons. The quantitative estimate of drug-likeness (QED) is 0.246.